The maximum atomic E-state index is 8.73. The Morgan fingerprint density at radius 1 is 1.62 bits per heavy atom. The lowest BCUT2D eigenvalue weighted by molar-refractivity contribution is 0.0976. The maximum absolute atomic E-state index is 8.73. The van der Waals surface area contributed by atoms with E-state index >= 15 is 0 Å². The van der Waals surface area contributed by atoms with E-state index in [0.29, 0.717) is 0 Å². The summed E-state index contributed by atoms with van der Waals surface area (Å²) in [6.07, 6.45) is 0.113. The first-order chi connectivity index (χ1) is 3.86. The smallest absolute Gasteiger partial charge is 0.106 e. The Morgan fingerprint density at radius 2 is 2.25 bits per heavy atom. The van der Waals surface area contributed by atoms with Crippen molar-refractivity contribution in [2.75, 3.05) is 6.61 Å². The number of hydrogen-bond acceptors (Lipinski definition) is 2. The molecule has 2 nitrogen and oxygen atoms in total. The van der Waals surface area contributed by atoms with E-state index in [4.69, 9.17) is 9.84 Å². The third-order valence-electron chi connectivity index (χ3n) is 1.65. The van der Waals surface area contributed by atoms with Gasteiger partial charge in [0.15, 0.2) is 0 Å². The highest BCUT2D eigenvalue weighted by Crippen LogP contribution is 2.56. The summed E-state index contributed by atoms with van der Waals surface area (Å²) in [5.74, 6) is 0. The molecule has 0 atom stereocenters. The molecule has 8 heavy (non-hydrogen) atoms. The van der Waals surface area contributed by atoms with Gasteiger partial charge in [0, 0.05) is 17.8 Å². The molecular weight excluding hydrogens is 104 g/mol. The van der Waals surface area contributed by atoms with E-state index in [1.165, 1.54) is 0 Å². The third-order valence-corrected chi connectivity index (χ3v) is 1.65. The quantitative estimate of drug-likeness (QED) is 0.512. The second-order valence-corrected chi connectivity index (χ2v) is 2.15. The minimum atomic E-state index is -0.161. The average Bonchev–Trinajstić information content (AvgIpc) is 2.57. The van der Waals surface area contributed by atoms with Gasteiger partial charge in [-0.2, -0.15) is 0 Å². The second kappa shape index (κ2) is 1.14. The van der Waals surface area contributed by atoms with Crippen molar-refractivity contribution in [1.29, 1.82) is 0 Å². The number of hydrogen-bond donors (Lipinski definition) is 1. The van der Waals surface area contributed by atoms with Gasteiger partial charge in [-0.05, 0) is 6.92 Å². The average molecular weight is 112 g/mol. The molecule has 2 aliphatic carbocycles. The lowest BCUT2D eigenvalue weighted by atomic mass is 10.2. The summed E-state index contributed by atoms with van der Waals surface area (Å²) in [6.45, 7) is 2.72. The normalized spacial score (nSPS) is 26.2. The van der Waals surface area contributed by atoms with Crippen molar-refractivity contribution in [2.45, 2.75) is 19.1 Å². The SMILES string of the molecule is CCOC1C2=C1C2O. The van der Waals surface area contributed by atoms with Crippen LogP contribution < -0.4 is 0 Å². The summed E-state index contributed by atoms with van der Waals surface area (Å²) in [6, 6.07) is 0. The van der Waals surface area contributed by atoms with E-state index in [1.807, 2.05) is 6.92 Å². The van der Waals surface area contributed by atoms with E-state index < -0.39 is 0 Å². The first kappa shape index (κ1) is 4.53. The summed E-state index contributed by atoms with van der Waals surface area (Å²) in [7, 11) is 0. The van der Waals surface area contributed by atoms with Crippen LogP contribution in [0.2, 0.25) is 0 Å². The van der Waals surface area contributed by atoms with E-state index in [-0.39, 0.29) is 12.2 Å². The Bertz CT molecular complexity index is 146. The molecule has 0 aromatic heterocycles. The highest BCUT2D eigenvalue weighted by atomic mass is 16.5. The molecular formula is C6H8O2. The Labute approximate surface area is 47.8 Å². The number of aliphatic hydroxyl groups excluding tert-OH is 1. The lowest BCUT2D eigenvalue weighted by Crippen LogP contribution is -2.15. The van der Waals surface area contributed by atoms with Crippen LogP contribution in [-0.4, -0.2) is 23.9 Å². The molecule has 0 fully saturated rings. The van der Waals surface area contributed by atoms with Crippen molar-refractivity contribution in [3.63, 3.8) is 0 Å². The zero-order valence-electron chi connectivity index (χ0n) is 4.72. The van der Waals surface area contributed by atoms with Crippen LogP contribution in [-0.2, 0) is 4.74 Å². The van der Waals surface area contributed by atoms with Crippen molar-refractivity contribution >= 4 is 0 Å². The third kappa shape index (κ3) is 0.353. The summed E-state index contributed by atoms with van der Waals surface area (Å²) in [4.78, 5) is 0. The first-order valence-corrected chi connectivity index (χ1v) is 2.89. The molecule has 0 spiro atoms. The Morgan fingerprint density at radius 3 is 2.62 bits per heavy atom. The number of rotatable bonds is 2. The predicted molar refractivity (Wildman–Crippen MR) is 28.4 cm³/mol. The zero-order chi connectivity index (χ0) is 5.72. The molecule has 0 unspecified atom stereocenters. The van der Waals surface area contributed by atoms with E-state index in [0.717, 1.165) is 17.8 Å². The summed E-state index contributed by atoms with van der Waals surface area (Å²) < 4.78 is 5.15. The van der Waals surface area contributed by atoms with Gasteiger partial charge in [0.1, 0.15) is 12.2 Å². The van der Waals surface area contributed by atoms with Crippen LogP contribution in [0.5, 0.6) is 0 Å². The van der Waals surface area contributed by atoms with Gasteiger partial charge in [0.25, 0.3) is 0 Å². The maximum Gasteiger partial charge on any atom is 0.106 e. The number of ether oxygens (including phenoxy) is 1. The monoisotopic (exact) mass is 112 g/mol. The molecule has 2 aliphatic rings. The van der Waals surface area contributed by atoms with Crippen LogP contribution in [0.3, 0.4) is 0 Å². The van der Waals surface area contributed by atoms with Gasteiger partial charge in [-0.3, -0.25) is 0 Å². The van der Waals surface area contributed by atoms with Gasteiger partial charge >= 0.3 is 0 Å². The molecule has 0 amide bonds. The fourth-order valence-electron chi connectivity index (χ4n) is 1.01. The van der Waals surface area contributed by atoms with Crippen molar-refractivity contribution in [3.05, 3.63) is 11.1 Å². The first-order valence-electron chi connectivity index (χ1n) is 2.89. The molecule has 0 radical (unpaired) electrons. The number of aliphatic hydroxyl groups is 1. The van der Waals surface area contributed by atoms with Gasteiger partial charge in [0.05, 0.1) is 0 Å². The second-order valence-electron chi connectivity index (χ2n) is 2.15. The molecule has 1 N–H and O–H groups in total. The van der Waals surface area contributed by atoms with Crippen molar-refractivity contribution in [1.82, 2.24) is 0 Å². The van der Waals surface area contributed by atoms with Gasteiger partial charge < -0.3 is 9.84 Å². The standard InChI is InChI=1S/C6H8O2/c1-2-8-6-3-4(6)5(3)7/h5-7H,2H2,1H3. The minimum absolute atomic E-state index is 0.161. The Hall–Kier alpha value is -0.340. The Kier molecular flexibility index (Phi) is 0.648. The lowest BCUT2D eigenvalue weighted by Gasteiger charge is -2.09. The van der Waals surface area contributed by atoms with Gasteiger partial charge in [0.2, 0.25) is 0 Å². The van der Waals surface area contributed by atoms with Crippen LogP contribution in [0.4, 0.5) is 0 Å². The van der Waals surface area contributed by atoms with E-state index in [9.17, 15) is 0 Å². The zero-order valence-corrected chi connectivity index (χ0v) is 4.72. The molecule has 0 bridgehead atoms. The molecule has 0 aromatic carbocycles. The molecule has 0 aromatic rings. The molecule has 0 saturated carbocycles. The molecule has 0 aliphatic heterocycles. The van der Waals surface area contributed by atoms with Crippen LogP contribution in [0.15, 0.2) is 11.1 Å². The molecule has 0 saturated heterocycles. The minimum Gasteiger partial charge on any atom is -0.384 e. The van der Waals surface area contributed by atoms with Crippen molar-refractivity contribution in [2.24, 2.45) is 0 Å². The highest BCUT2D eigenvalue weighted by molar-refractivity contribution is 5.69. The van der Waals surface area contributed by atoms with E-state index in [1.54, 1.807) is 0 Å². The topological polar surface area (TPSA) is 29.5 Å². The van der Waals surface area contributed by atoms with Crippen LogP contribution >= 0.6 is 0 Å². The Balaban J connectivity index is 1.75. The van der Waals surface area contributed by atoms with Crippen molar-refractivity contribution < 1.29 is 9.84 Å². The molecule has 2 rings (SSSR count). The summed E-state index contributed by atoms with van der Waals surface area (Å²) in [5, 5.41) is 8.73. The van der Waals surface area contributed by atoms with Gasteiger partial charge in [-0.15, -0.1) is 0 Å². The molecule has 44 valence electrons. The summed E-state index contributed by atoms with van der Waals surface area (Å²) >= 11 is 0. The molecule has 2 heteroatoms. The molecule has 0 heterocycles. The fraction of sp³-hybridized carbons (Fsp3) is 0.667. The fourth-order valence-corrected chi connectivity index (χ4v) is 1.01. The van der Waals surface area contributed by atoms with Crippen LogP contribution in [0.1, 0.15) is 6.92 Å². The van der Waals surface area contributed by atoms with Gasteiger partial charge in [-0.25, -0.2) is 0 Å². The van der Waals surface area contributed by atoms with Crippen LogP contribution in [0.25, 0.3) is 0 Å². The highest BCUT2D eigenvalue weighted by Gasteiger charge is 2.60. The van der Waals surface area contributed by atoms with Gasteiger partial charge in [-0.1, -0.05) is 0 Å². The van der Waals surface area contributed by atoms with Crippen molar-refractivity contribution in [3.8, 4) is 0 Å². The predicted octanol–water partition coefficient (Wildman–Crippen LogP) is 0.0762. The van der Waals surface area contributed by atoms with Crippen LogP contribution in [0, 0.1) is 0 Å². The van der Waals surface area contributed by atoms with E-state index in [2.05, 4.69) is 0 Å². The largest absolute Gasteiger partial charge is 0.384 e. The summed E-state index contributed by atoms with van der Waals surface area (Å²) in [5.41, 5.74) is 2.29.